The van der Waals surface area contributed by atoms with Gasteiger partial charge in [0.25, 0.3) is 0 Å². The number of sulfonamides is 1. The van der Waals surface area contributed by atoms with Crippen LogP contribution in [-0.2, 0) is 14.8 Å². The quantitative estimate of drug-likeness (QED) is 0.240. The summed E-state index contributed by atoms with van der Waals surface area (Å²) in [6.45, 7) is 2.84. The van der Waals surface area contributed by atoms with Gasteiger partial charge in [0.1, 0.15) is 6.17 Å². The van der Waals surface area contributed by atoms with E-state index in [2.05, 4.69) is 26.0 Å². The second-order valence-electron chi connectivity index (χ2n) is 8.84. The molecular weight excluding hydrogens is 470 g/mol. The van der Waals surface area contributed by atoms with E-state index >= 15 is 0 Å². The summed E-state index contributed by atoms with van der Waals surface area (Å²) < 4.78 is 28.2. The zero-order chi connectivity index (χ0) is 24.8. The number of carbonyl (C=O) groups excluding carboxylic acids is 2. The highest BCUT2D eigenvalue weighted by Crippen LogP contribution is 2.26. The number of amides is 3. The van der Waals surface area contributed by atoms with Crippen LogP contribution < -0.4 is 31.7 Å². The zero-order valence-electron chi connectivity index (χ0n) is 19.5. The van der Waals surface area contributed by atoms with Crippen LogP contribution in [0.25, 0.3) is 5.70 Å². The molecule has 0 radical (unpaired) electrons. The molecule has 12 heteroatoms. The fourth-order valence-corrected chi connectivity index (χ4v) is 5.50. The lowest BCUT2D eigenvalue weighted by Crippen LogP contribution is -2.52. The number of benzene rings is 1. The monoisotopic (exact) mass is 503 g/mol. The average molecular weight is 504 g/mol. The molecule has 0 aromatic heterocycles. The van der Waals surface area contributed by atoms with Gasteiger partial charge < -0.3 is 31.9 Å². The Balaban J connectivity index is 1.38. The van der Waals surface area contributed by atoms with E-state index in [0.717, 1.165) is 36.2 Å². The molecule has 0 bridgehead atoms. The number of nitrogens with two attached hydrogens (primary N) is 1. The largest absolute Gasteiger partial charge is 0.361 e. The molecule has 0 spiro atoms. The average Bonchev–Trinajstić information content (AvgIpc) is 3.26. The number of hydrogen-bond donors (Lipinski definition) is 6. The molecule has 11 nitrogen and oxygen atoms in total. The lowest BCUT2D eigenvalue weighted by molar-refractivity contribution is -0.121. The number of nitrogens with one attached hydrogen (secondary N) is 5. The maximum absolute atomic E-state index is 12.7. The first-order valence-corrected chi connectivity index (χ1v) is 13.4. The molecule has 1 aromatic carbocycles. The predicted molar refractivity (Wildman–Crippen MR) is 132 cm³/mol. The Morgan fingerprint density at radius 1 is 1.20 bits per heavy atom. The first-order chi connectivity index (χ1) is 16.9. The summed E-state index contributed by atoms with van der Waals surface area (Å²) in [6.07, 6.45) is 5.93. The topological polar surface area (TPSA) is 158 Å². The molecule has 0 saturated carbocycles. The molecule has 3 amide bonds. The van der Waals surface area contributed by atoms with Crippen LogP contribution in [0.4, 0.5) is 4.79 Å². The molecule has 4 rings (SSSR count). The van der Waals surface area contributed by atoms with Gasteiger partial charge in [-0.3, -0.25) is 4.79 Å². The van der Waals surface area contributed by atoms with Crippen molar-refractivity contribution in [2.75, 3.05) is 32.7 Å². The summed E-state index contributed by atoms with van der Waals surface area (Å²) in [7, 11) is -3.60. The third kappa shape index (κ3) is 6.40. The van der Waals surface area contributed by atoms with Crippen molar-refractivity contribution >= 4 is 27.7 Å². The number of fused-ring (bicyclic) bond motifs is 1. The van der Waals surface area contributed by atoms with E-state index in [4.69, 9.17) is 5.73 Å². The van der Waals surface area contributed by atoms with Crippen molar-refractivity contribution in [1.29, 1.82) is 0 Å². The molecule has 7 N–H and O–H groups in total. The van der Waals surface area contributed by atoms with Gasteiger partial charge in [0.05, 0.1) is 4.90 Å². The van der Waals surface area contributed by atoms with Crippen LogP contribution >= 0.6 is 0 Å². The molecule has 1 unspecified atom stereocenters. The summed E-state index contributed by atoms with van der Waals surface area (Å²) in [4.78, 5) is 26.1. The van der Waals surface area contributed by atoms with E-state index in [0.29, 0.717) is 26.1 Å². The molecule has 3 aliphatic heterocycles. The highest BCUT2D eigenvalue weighted by Gasteiger charge is 2.31. The predicted octanol–water partition coefficient (Wildman–Crippen LogP) is -0.249. The Bertz CT molecular complexity index is 1100. The van der Waals surface area contributed by atoms with Gasteiger partial charge in [-0.2, -0.15) is 0 Å². The molecule has 1 saturated heterocycles. The van der Waals surface area contributed by atoms with E-state index in [9.17, 15) is 18.0 Å². The first-order valence-electron chi connectivity index (χ1n) is 11.9. The van der Waals surface area contributed by atoms with Gasteiger partial charge >= 0.3 is 6.03 Å². The van der Waals surface area contributed by atoms with Crippen LogP contribution in [-0.4, -0.2) is 70.2 Å². The zero-order valence-corrected chi connectivity index (χ0v) is 20.4. The fourth-order valence-electron chi connectivity index (χ4n) is 4.23. The molecule has 3 aliphatic rings. The van der Waals surface area contributed by atoms with Gasteiger partial charge in [-0.1, -0.05) is 12.1 Å². The maximum Gasteiger partial charge on any atom is 0.323 e. The molecule has 0 aliphatic carbocycles. The van der Waals surface area contributed by atoms with Gasteiger partial charge in [0, 0.05) is 49.6 Å². The van der Waals surface area contributed by atoms with Crippen molar-refractivity contribution in [1.82, 2.24) is 30.9 Å². The van der Waals surface area contributed by atoms with Gasteiger partial charge in [-0.15, -0.1) is 0 Å². The van der Waals surface area contributed by atoms with Crippen molar-refractivity contribution in [2.24, 2.45) is 5.73 Å². The molecule has 2 atom stereocenters. The highest BCUT2D eigenvalue weighted by molar-refractivity contribution is 7.89. The Labute approximate surface area is 205 Å². The van der Waals surface area contributed by atoms with Gasteiger partial charge in [0.2, 0.25) is 15.9 Å². The SMILES string of the molecule is NCCCNC(=O)CCN1C=C2C=C(c3ccc(S(=O)(=O)N[C@@H]4CCCNC4)cc3)NC2NC1=O. The summed E-state index contributed by atoms with van der Waals surface area (Å²) in [5.74, 6) is -0.128. The second kappa shape index (κ2) is 11.2. The normalized spacial score (nSPS) is 22.0. The summed E-state index contributed by atoms with van der Waals surface area (Å²) in [5.41, 5.74) is 7.86. The van der Waals surface area contributed by atoms with E-state index in [1.54, 1.807) is 30.5 Å². The second-order valence-corrected chi connectivity index (χ2v) is 10.6. The molecule has 1 aromatic rings. The van der Waals surface area contributed by atoms with Crippen LogP contribution in [0.1, 0.15) is 31.2 Å². The van der Waals surface area contributed by atoms with E-state index < -0.39 is 10.0 Å². The summed E-state index contributed by atoms with van der Waals surface area (Å²) in [6, 6.07) is 6.26. The van der Waals surface area contributed by atoms with Gasteiger partial charge in [0.15, 0.2) is 0 Å². The third-order valence-corrected chi connectivity index (χ3v) is 7.69. The number of urea groups is 1. The summed E-state index contributed by atoms with van der Waals surface area (Å²) >= 11 is 0. The minimum atomic E-state index is -3.60. The van der Waals surface area contributed by atoms with Gasteiger partial charge in [-0.05, 0) is 56.1 Å². The molecule has 190 valence electrons. The van der Waals surface area contributed by atoms with Crippen LogP contribution in [0, 0.1) is 0 Å². The number of nitrogens with zero attached hydrogens (tertiary/aromatic N) is 1. The highest BCUT2D eigenvalue weighted by atomic mass is 32.2. The molecular formula is C23H33N7O4S. The lowest BCUT2D eigenvalue weighted by atomic mass is 10.1. The number of rotatable bonds is 10. The van der Waals surface area contributed by atoms with Crippen molar-refractivity contribution in [3.63, 3.8) is 0 Å². The minimum Gasteiger partial charge on any atom is -0.361 e. The molecule has 3 heterocycles. The summed E-state index contributed by atoms with van der Waals surface area (Å²) in [5, 5.41) is 12.1. The number of carbonyl (C=O) groups is 2. The molecule has 35 heavy (non-hydrogen) atoms. The Morgan fingerprint density at radius 2 is 2.00 bits per heavy atom. The lowest BCUT2D eigenvalue weighted by Gasteiger charge is -2.29. The molecule has 1 fully saturated rings. The number of hydrogen-bond acceptors (Lipinski definition) is 7. The Kier molecular flexibility index (Phi) is 8.06. The Morgan fingerprint density at radius 3 is 2.71 bits per heavy atom. The van der Waals surface area contributed by atoms with Crippen molar-refractivity contribution in [3.8, 4) is 0 Å². The third-order valence-electron chi connectivity index (χ3n) is 6.15. The van der Waals surface area contributed by atoms with Crippen molar-refractivity contribution in [2.45, 2.75) is 42.8 Å². The van der Waals surface area contributed by atoms with Crippen molar-refractivity contribution in [3.05, 3.63) is 47.7 Å². The van der Waals surface area contributed by atoms with E-state index in [1.165, 1.54) is 4.90 Å². The van der Waals surface area contributed by atoms with Crippen LogP contribution in [0.3, 0.4) is 0 Å². The van der Waals surface area contributed by atoms with Gasteiger partial charge in [-0.25, -0.2) is 17.9 Å². The number of piperidine rings is 1. The first kappa shape index (κ1) is 25.2. The van der Waals surface area contributed by atoms with Crippen LogP contribution in [0.2, 0.25) is 0 Å². The smallest absolute Gasteiger partial charge is 0.323 e. The van der Waals surface area contributed by atoms with Crippen LogP contribution in [0.15, 0.2) is 47.0 Å². The minimum absolute atomic E-state index is 0.105. The van der Waals surface area contributed by atoms with E-state index in [1.807, 2.05) is 6.08 Å². The standard InChI is InChI=1S/C23H33N7O4S/c24-9-2-11-26-21(31)8-12-30-15-17-13-20(27-22(17)28-23(30)32)16-4-6-19(7-5-16)35(33,34)29-18-3-1-10-25-14-18/h4-7,13,15,18,22,25,27,29H,1-3,8-12,14,24H2,(H,26,31)(H,28,32)/t18-,22?/m1/s1. The van der Waals surface area contributed by atoms with Crippen molar-refractivity contribution < 1.29 is 18.0 Å². The fraction of sp³-hybridized carbons (Fsp3) is 0.478. The van der Waals surface area contributed by atoms with Crippen LogP contribution in [0.5, 0.6) is 0 Å². The Hall–Kier alpha value is -2.93. The van der Waals surface area contributed by atoms with E-state index in [-0.39, 0.29) is 42.0 Å². The maximum atomic E-state index is 12.7.